The van der Waals surface area contributed by atoms with Gasteiger partial charge in [0.1, 0.15) is 11.4 Å². The molecule has 22 heavy (non-hydrogen) atoms. The maximum Gasteiger partial charge on any atom is 0.246 e. The lowest BCUT2D eigenvalue weighted by Gasteiger charge is -2.36. The third-order valence-corrected chi connectivity index (χ3v) is 4.27. The first-order valence-corrected chi connectivity index (χ1v) is 7.68. The second-order valence-electron chi connectivity index (χ2n) is 6.29. The molecule has 0 aromatic heterocycles. The van der Waals surface area contributed by atoms with Crippen LogP contribution in [0.3, 0.4) is 0 Å². The number of hydrogen-bond acceptors (Lipinski definition) is 3. The van der Waals surface area contributed by atoms with E-state index in [0.29, 0.717) is 6.54 Å². The number of aliphatic hydroxyl groups is 1. The van der Waals surface area contributed by atoms with Crippen molar-refractivity contribution in [2.45, 2.75) is 45.3 Å². The molecule has 1 saturated heterocycles. The summed E-state index contributed by atoms with van der Waals surface area (Å²) in [6.07, 6.45) is 3.36. The Balaban J connectivity index is 2.26. The van der Waals surface area contributed by atoms with Crippen LogP contribution in [0.1, 0.15) is 39.2 Å². The molecule has 2 atom stereocenters. The van der Waals surface area contributed by atoms with Gasteiger partial charge < -0.3 is 14.7 Å². The molecule has 1 N–H and O–H groups in total. The normalized spacial score (nSPS) is 20.4. The lowest BCUT2D eigenvalue weighted by Crippen LogP contribution is -2.47. The number of benzene rings is 1. The minimum absolute atomic E-state index is 0.0173. The molecule has 4 heteroatoms. The molecule has 2 rings (SSSR count). The Labute approximate surface area is 132 Å². The number of ether oxygens (including phenoxy) is 1. The highest BCUT2D eigenvalue weighted by Crippen LogP contribution is 2.35. The summed E-state index contributed by atoms with van der Waals surface area (Å²) in [4.78, 5) is 14.2. The monoisotopic (exact) mass is 303 g/mol. The van der Waals surface area contributed by atoms with Crippen molar-refractivity contribution in [3.8, 4) is 5.75 Å². The van der Waals surface area contributed by atoms with Crippen molar-refractivity contribution < 1.29 is 14.6 Å². The number of hydrogen-bond donors (Lipinski definition) is 1. The molecule has 1 amide bonds. The second-order valence-corrected chi connectivity index (χ2v) is 6.29. The predicted molar refractivity (Wildman–Crippen MR) is 86.7 cm³/mol. The lowest BCUT2D eigenvalue weighted by atomic mass is 9.86. The number of amides is 1. The zero-order chi connectivity index (χ0) is 16.3. The fourth-order valence-corrected chi connectivity index (χ4v) is 3.07. The first kappa shape index (κ1) is 16.6. The number of methoxy groups -OCH3 is 1. The molecule has 0 radical (unpaired) electrons. The molecule has 1 aromatic carbocycles. The van der Waals surface area contributed by atoms with E-state index in [0.717, 1.165) is 29.7 Å². The lowest BCUT2D eigenvalue weighted by molar-refractivity contribution is -0.132. The van der Waals surface area contributed by atoms with Crippen LogP contribution < -0.4 is 4.74 Å². The maximum atomic E-state index is 12.4. The van der Waals surface area contributed by atoms with Gasteiger partial charge in [0.2, 0.25) is 5.91 Å². The van der Waals surface area contributed by atoms with E-state index in [4.69, 9.17) is 4.74 Å². The molecule has 1 aliphatic heterocycles. The standard InChI is InChI=1S/C18H25NO3/c1-13(2)12-17(20)19-11-5-6-16(19)18(3,21)14-7-9-15(22-4)10-8-14/h7-10,12,16,21H,5-6,11H2,1-4H3/t16-,18-/m1/s1. The van der Waals surface area contributed by atoms with Crippen molar-refractivity contribution in [1.29, 1.82) is 0 Å². The zero-order valence-electron chi connectivity index (χ0n) is 13.8. The van der Waals surface area contributed by atoms with Gasteiger partial charge in [0.05, 0.1) is 13.2 Å². The zero-order valence-corrected chi connectivity index (χ0v) is 13.8. The third-order valence-electron chi connectivity index (χ3n) is 4.27. The van der Waals surface area contributed by atoms with Crippen LogP contribution in [-0.4, -0.2) is 35.6 Å². The predicted octanol–water partition coefficient (Wildman–Crippen LogP) is 2.86. The summed E-state index contributed by atoms with van der Waals surface area (Å²) in [5.74, 6) is 0.736. The molecule has 0 aliphatic carbocycles. The van der Waals surface area contributed by atoms with Gasteiger partial charge in [-0.2, -0.15) is 0 Å². The van der Waals surface area contributed by atoms with E-state index in [2.05, 4.69) is 0 Å². The van der Waals surface area contributed by atoms with Crippen LogP contribution in [0.15, 0.2) is 35.9 Å². The number of likely N-dealkylation sites (tertiary alicyclic amines) is 1. The summed E-state index contributed by atoms with van der Waals surface area (Å²) in [5.41, 5.74) is 0.698. The fourth-order valence-electron chi connectivity index (χ4n) is 3.07. The maximum absolute atomic E-state index is 12.4. The van der Waals surface area contributed by atoms with Crippen LogP contribution in [0.4, 0.5) is 0 Å². The van der Waals surface area contributed by atoms with Gasteiger partial charge in [0.25, 0.3) is 0 Å². The van der Waals surface area contributed by atoms with Gasteiger partial charge in [-0.1, -0.05) is 17.7 Å². The van der Waals surface area contributed by atoms with Crippen molar-refractivity contribution in [1.82, 2.24) is 4.90 Å². The van der Waals surface area contributed by atoms with Crippen molar-refractivity contribution >= 4 is 5.91 Å². The molecular weight excluding hydrogens is 278 g/mol. The Bertz CT molecular complexity index is 556. The van der Waals surface area contributed by atoms with Crippen LogP contribution in [0.5, 0.6) is 5.75 Å². The number of nitrogens with zero attached hydrogens (tertiary/aromatic N) is 1. The van der Waals surface area contributed by atoms with Crippen molar-refractivity contribution in [2.75, 3.05) is 13.7 Å². The van der Waals surface area contributed by atoms with E-state index in [9.17, 15) is 9.90 Å². The Kier molecular flexibility index (Phi) is 4.91. The fraction of sp³-hybridized carbons (Fsp3) is 0.500. The van der Waals surface area contributed by atoms with Gasteiger partial charge in [0.15, 0.2) is 0 Å². The van der Waals surface area contributed by atoms with E-state index in [1.54, 1.807) is 25.0 Å². The summed E-state index contributed by atoms with van der Waals surface area (Å²) in [7, 11) is 1.62. The van der Waals surface area contributed by atoms with Gasteiger partial charge >= 0.3 is 0 Å². The van der Waals surface area contributed by atoms with E-state index >= 15 is 0 Å². The van der Waals surface area contributed by atoms with Crippen molar-refractivity contribution in [3.05, 3.63) is 41.5 Å². The van der Waals surface area contributed by atoms with Gasteiger partial charge in [-0.15, -0.1) is 0 Å². The van der Waals surface area contributed by atoms with Crippen molar-refractivity contribution in [2.24, 2.45) is 0 Å². The number of allylic oxidation sites excluding steroid dienone is 1. The second kappa shape index (κ2) is 6.53. The minimum atomic E-state index is -1.08. The SMILES string of the molecule is COc1ccc([C@@](C)(O)[C@H]2CCCN2C(=O)C=C(C)C)cc1. The summed E-state index contributed by atoms with van der Waals surface area (Å²) < 4.78 is 5.16. The van der Waals surface area contributed by atoms with Crippen LogP contribution in [0, 0.1) is 0 Å². The molecule has 1 fully saturated rings. The Morgan fingerprint density at radius 1 is 1.36 bits per heavy atom. The molecule has 1 aromatic rings. The molecule has 0 spiro atoms. The van der Waals surface area contributed by atoms with Crippen LogP contribution in [-0.2, 0) is 10.4 Å². The molecule has 0 bridgehead atoms. The Hall–Kier alpha value is -1.81. The first-order valence-electron chi connectivity index (χ1n) is 7.68. The summed E-state index contributed by atoms with van der Waals surface area (Å²) >= 11 is 0. The highest BCUT2D eigenvalue weighted by Gasteiger charge is 2.42. The molecule has 120 valence electrons. The van der Waals surface area contributed by atoms with Crippen molar-refractivity contribution in [3.63, 3.8) is 0 Å². The van der Waals surface area contributed by atoms with Crippen LogP contribution in [0.2, 0.25) is 0 Å². The molecule has 4 nitrogen and oxygen atoms in total. The Morgan fingerprint density at radius 2 is 2.00 bits per heavy atom. The van der Waals surface area contributed by atoms with E-state index in [-0.39, 0.29) is 11.9 Å². The smallest absolute Gasteiger partial charge is 0.246 e. The van der Waals surface area contributed by atoms with Gasteiger partial charge in [0, 0.05) is 12.6 Å². The number of carbonyl (C=O) groups is 1. The van der Waals surface area contributed by atoms with Gasteiger partial charge in [-0.25, -0.2) is 0 Å². The molecule has 1 aliphatic rings. The molecule has 1 heterocycles. The summed E-state index contributed by atoms with van der Waals surface area (Å²) in [6, 6.07) is 7.19. The number of rotatable bonds is 4. The van der Waals surface area contributed by atoms with E-state index < -0.39 is 5.60 Å². The topological polar surface area (TPSA) is 49.8 Å². The molecule has 0 saturated carbocycles. The quantitative estimate of drug-likeness (QED) is 0.870. The third kappa shape index (κ3) is 3.33. The van der Waals surface area contributed by atoms with Gasteiger partial charge in [-0.3, -0.25) is 4.79 Å². The summed E-state index contributed by atoms with van der Waals surface area (Å²) in [6.45, 7) is 6.29. The average molecular weight is 303 g/mol. The number of carbonyl (C=O) groups excluding carboxylic acids is 1. The highest BCUT2D eigenvalue weighted by atomic mass is 16.5. The van der Waals surface area contributed by atoms with E-state index in [1.165, 1.54) is 0 Å². The highest BCUT2D eigenvalue weighted by molar-refractivity contribution is 5.88. The van der Waals surface area contributed by atoms with Crippen LogP contribution >= 0.6 is 0 Å². The average Bonchev–Trinajstić information content (AvgIpc) is 2.97. The van der Waals surface area contributed by atoms with Crippen LogP contribution in [0.25, 0.3) is 0 Å². The Morgan fingerprint density at radius 3 is 2.55 bits per heavy atom. The van der Waals surface area contributed by atoms with Gasteiger partial charge in [-0.05, 0) is 51.3 Å². The largest absolute Gasteiger partial charge is 0.497 e. The van der Waals surface area contributed by atoms with E-state index in [1.807, 2.05) is 38.1 Å². The summed E-state index contributed by atoms with van der Waals surface area (Å²) in [5, 5.41) is 11.0. The molecule has 0 unspecified atom stereocenters. The minimum Gasteiger partial charge on any atom is -0.497 e. The first-order chi connectivity index (χ1) is 10.4. The molecular formula is C18H25NO3.